The number of rotatable bonds is 4. The second kappa shape index (κ2) is 4.84. The lowest BCUT2D eigenvalue weighted by atomic mass is 10.1. The first kappa shape index (κ1) is 11.4. The van der Waals surface area contributed by atoms with E-state index in [1.165, 1.54) is 0 Å². The monoisotopic (exact) mass is 248 g/mol. The van der Waals surface area contributed by atoms with Crippen LogP contribution in [0.4, 0.5) is 11.4 Å². The summed E-state index contributed by atoms with van der Waals surface area (Å²) in [4.78, 5) is 15.4. The number of anilines is 2. The van der Waals surface area contributed by atoms with E-state index in [4.69, 9.17) is 11.5 Å². The van der Waals surface area contributed by atoms with Gasteiger partial charge in [0.25, 0.3) is 5.91 Å². The number of carbonyl (C=O) groups excluding carboxylic acids is 1. The van der Waals surface area contributed by atoms with Gasteiger partial charge in [-0.3, -0.25) is 4.79 Å². The highest BCUT2D eigenvalue weighted by molar-refractivity contribution is 7.09. The lowest BCUT2D eigenvalue weighted by Crippen LogP contribution is -2.14. The quantitative estimate of drug-likeness (QED) is 0.713. The summed E-state index contributed by atoms with van der Waals surface area (Å²) in [6.45, 7) is 0.557. The second-order valence-corrected chi connectivity index (χ2v) is 4.43. The molecule has 2 rings (SSSR count). The van der Waals surface area contributed by atoms with E-state index in [-0.39, 0.29) is 0 Å². The van der Waals surface area contributed by atoms with Gasteiger partial charge in [0.15, 0.2) is 0 Å². The minimum absolute atomic E-state index is 0.390. The molecule has 1 aromatic carbocycles. The van der Waals surface area contributed by atoms with E-state index in [1.807, 2.05) is 5.38 Å². The number of nitrogens with two attached hydrogens (primary N) is 2. The summed E-state index contributed by atoms with van der Waals surface area (Å²) < 4.78 is 0. The standard InChI is InChI=1S/C11H12N4OS/c12-7-1-2-9(8(5-7)11(13)16)15-6-10-14-3-4-17-10/h1-5,15H,6,12H2,(H2,13,16). The SMILES string of the molecule is NC(=O)c1cc(N)ccc1NCc1nccs1. The van der Waals surface area contributed by atoms with Crippen LogP contribution in [0, 0.1) is 0 Å². The number of primary amides is 1. The second-order valence-electron chi connectivity index (χ2n) is 3.45. The molecule has 88 valence electrons. The molecule has 0 atom stereocenters. The molecule has 0 saturated carbocycles. The number of aromatic nitrogens is 1. The zero-order valence-electron chi connectivity index (χ0n) is 9.01. The van der Waals surface area contributed by atoms with Gasteiger partial charge in [0.05, 0.1) is 12.1 Å². The normalized spacial score (nSPS) is 10.1. The zero-order valence-corrected chi connectivity index (χ0v) is 9.83. The predicted octanol–water partition coefficient (Wildman–Crippen LogP) is 1.44. The minimum atomic E-state index is -0.501. The number of nitrogens with one attached hydrogen (secondary N) is 1. The van der Waals surface area contributed by atoms with Crippen molar-refractivity contribution in [3.63, 3.8) is 0 Å². The van der Waals surface area contributed by atoms with E-state index >= 15 is 0 Å². The first-order valence-corrected chi connectivity index (χ1v) is 5.86. The highest BCUT2D eigenvalue weighted by Gasteiger charge is 2.08. The number of thiazole rings is 1. The third-order valence-electron chi connectivity index (χ3n) is 2.22. The molecule has 1 amide bonds. The fourth-order valence-electron chi connectivity index (χ4n) is 1.43. The van der Waals surface area contributed by atoms with Gasteiger partial charge >= 0.3 is 0 Å². The van der Waals surface area contributed by atoms with E-state index in [2.05, 4.69) is 10.3 Å². The predicted molar refractivity (Wildman–Crippen MR) is 68.8 cm³/mol. The van der Waals surface area contributed by atoms with Crippen molar-refractivity contribution >= 4 is 28.6 Å². The zero-order chi connectivity index (χ0) is 12.3. The lowest BCUT2D eigenvalue weighted by Gasteiger charge is -2.09. The van der Waals surface area contributed by atoms with Gasteiger partial charge < -0.3 is 16.8 Å². The maximum Gasteiger partial charge on any atom is 0.250 e. The Morgan fingerprint density at radius 1 is 1.47 bits per heavy atom. The lowest BCUT2D eigenvalue weighted by molar-refractivity contribution is 0.100. The average Bonchev–Trinajstić information content (AvgIpc) is 2.80. The van der Waals surface area contributed by atoms with Crippen molar-refractivity contribution in [2.24, 2.45) is 5.73 Å². The molecule has 0 aliphatic rings. The van der Waals surface area contributed by atoms with Crippen LogP contribution in [0.2, 0.25) is 0 Å². The maximum atomic E-state index is 11.2. The van der Waals surface area contributed by atoms with Crippen molar-refractivity contribution in [2.45, 2.75) is 6.54 Å². The molecule has 1 aromatic heterocycles. The summed E-state index contributed by atoms with van der Waals surface area (Å²) in [6, 6.07) is 5.02. The maximum absolute atomic E-state index is 11.2. The number of carbonyl (C=O) groups is 1. The third-order valence-corrected chi connectivity index (χ3v) is 3.00. The topological polar surface area (TPSA) is 94.0 Å². The van der Waals surface area contributed by atoms with Gasteiger partial charge in [-0.1, -0.05) is 0 Å². The molecule has 0 spiro atoms. The molecule has 0 radical (unpaired) electrons. The number of hydrogen-bond acceptors (Lipinski definition) is 5. The first-order valence-electron chi connectivity index (χ1n) is 4.98. The van der Waals surface area contributed by atoms with Crippen LogP contribution >= 0.6 is 11.3 Å². The Bertz CT molecular complexity index is 524. The molecule has 0 unspecified atom stereocenters. The fourth-order valence-corrected chi connectivity index (χ4v) is 1.99. The van der Waals surface area contributed by atoms with E-state index in [9.17, 15) is 4.79 Å². The number of benzene rings is 1. The van der Waals surface area contributed by atoms with Gasteiger partial charge in [-0.2, -0.15) is 0 Å². The molecular formula is C11H12N4OS. The molecule has 6 heteroatoms. The number of hydrogen-bond donors (Lipinski definition) is 3. The van der Waals surface area contributed by atoms with Crippen LogP contribution in [0.5, 0.6) is 0 Å². The van der Waals surface area contributed by atoms with E-state index in [0.717, 1.165) is 5.01 Å². The Balaban J connectivity index is 2.17. The van der Waals surface area contributed by atoms with Gasteiger partial charge in [0.1, 0.15) is 5.01 Å². The van der Waals surface area contributed by atoms with Crippen LogP contribution in [0.1, 0.15) is 15.4 Å². The van der Waals surface area contributed by atoms with Crippen molar-refractivity contribution in [3.8, 4) is 0 Å². The summed E-state index contributed by atoms with van der Waals surface area (Å²) in [5.41, 5.74) is 12.5. The Kier molecular flexibility index (Phi) is 3.24. The Morgan fingerprint density at radius 3 is 2.94 bits per heavy atom. The molecule has 1 heterocycles. The molecule has 2 aromatic rings. The van der Waals surface area contributed by atoms with E-state index < -0.39 is 5.91 Å². The molecule has 0 aliphatic carbocycles. The van der Waals surface area contributed by atoms with E-state index in [0.29, 0.717) is 23.5 Å². The van der Waals surface area contributed by atoms with Crippen LogP contribution < -0.4 is 16.8 Å². The summed E-state index contributed by atoms with van der Waals surface area (Å²) in [6.07, 6.45) is 1.74. The van der Waals surface area contributed by atoms with Gasteiger partial charge in [0.2, 0.25) is 0 Å². The number of nitrogen functional groups attached to an aromatic ring is 1. The van der Waals surface area contributed by atoms with E-state index in [1.54, 1.807) is 35.7 Å². The van der Waals surface area contributed by atoms with Crippen LogP contribution in [0.15, 0.2) is 29.8 Å². The molecule has 5 N–H and O–H groups in total. The summed E-state index contributed by atoms with van der Waals surface area (Å²) in [5, 5.41) is 5.96. The van der Waals surface area contributed by atoms with Crippen molar-refractivity contribution in [1.82, 2.24) is 4.98 Å². The van der Waals surface area contributed by atoms with Crippen molar-refractivity contribution in [2.75, 3.05) is 11.1 Å². The van der Waals surface area contributed by atoms with Crippen molar-refractivity contribution in [3.05, 3.63) is 40.3 Å². The van der Waals surface area contributed by atoms with Gasteiger partial charge in [-0.15, -0.1) is 11.3 Å². The molecule has 0 aliphatic heterocycles. The average molecular weight is 248 g/mol. The molecular weight excluding hydrogens is 236 g/mol. The van der Waals surface area contributed by atoms with Crippen molar-refractivity contribution in [1.29, 1.82) is 0 Å². The van der Waals surface area contributed by atoms with Gasteiger partial charge in [-0.25, -0.2) is 4.98 Å². The minimum Gasteiger partial charge on any atom is -0.399 e. The van der Waals surface area contributed by atoms with Crippen molar-refractivity contribution < 1.29 is 4.79 Å². The van der Waals surface area contributed by atoms with Gasteiger partial charge in [-0.05, 0) is 18.2 Å². The van der Waals surface area contributed by atoms with Crippen LogP contribution in [-0.2, 0) is 6.54 Å². The highest BCUT2D eigenvalue weighted by atomic mass is 32.1. The molecule has 17 heavy (non-hydrogen) atoms. The molecule has 0 saturated heterocycles. The fraction of sp³-hybridized carbons (Fsp3) is 0.0909. The van der Waals surface area contributed by atoms with Gasteiger partial charge in [0, 0.05) is 23.0 Å². The Morgan fingerprint density at radius 2 is 2.29 bits per heavy atom. The van der Waals surface area contributed by atoms with Crippen LogP contribution in [0.25, 0.3) is 0 Å². The third kappa shape index (κ3) is 2.73. The molecule has 0 fully saturated rings. The Labute approximate surface area is 102 Å². The van der Waals surface area contributed by atoms with Crippen LogP contribution in [0.3, 0.4) is 0 Å². The smallest absolute Gasteiger partial charge is 0.250 e. The number of nitrogens with zero attached hydrogens (tertiary/aromatic N) is 1. The number of amides is 1. The first-order chi connectivity index (χ1) is 8.16. The highest BCUT2D eigenvalue weighted by Crippen LogP contribution is 2.19. The molecule has 5 nitrogen and oxygen atoms in total. The summed E-state index contributed by atoms with van der Waals surface area (Å²) >= 11 is 1.55. The summed E-state index contributed by atoms with van der Waals surface area (Å²) in [5.74, 6) is -0.501. The Hall–Kier alpha value is -2.08. The largest absolute Gasteiger partial charge is 0.399 e. The molecule has 0 bridgehead atoms. The van der Waals surface area contributed by atoms with Crippen LogP contribution in [-0.4, -0.2) is 10.9 Å². The summed E-state index contributed by atoms with van der Waals surface area (Å²) in [7, 11) is 0.